The summed E-state index contributed by atoms with van der Waals surface area (Å²) >= 11 is 3.32. The van der Waals surface area contributed by atoms with E-state index in [1.165, 1.54) is 6.20 Å². The van der Waals surface area contributed by atoms with Gasteiger partial charge in [-0.2, -0.15) is 0 Å². The van der Waals surface area contributed by atoms with Crippen molar-refractivity contribution in [3.63, 3.8) is 0 Å². The van der Waals surface area contributed by atoms with E-state index in [1.807, 2.05) is 0 Å². The summed E-state index contributed by atoms with van der Waals surface area (Å²) in [5.41, 5.74) is 0.631. The summed E-state index contributed by atoms with van der Waals surface area (Å²) in [6, 6.07) is 0. The summed E-state index contributed by atoms with van der Waals surface area (Å²) in [6.45, 7) is 4.62. The molecular formula is C10H14BrN3O2. The van der Waals surface area contributed by atoms with Crippen LogP contribution in [0.2, 0.25) is 0 Å². The van der Waals surface area contributed by atoms with Gasteiger partial charge in [-0.3, -0.25) is 10.1 Å². The van der Waals surface area contributed by atoms with Crippen molar-refractivity contribution in [1.29, 1.82) is 0 Å². The third-order valence-corrected chi connectivity index (χ3v) is 3.23. The third-order valence-electron chi connectivity index (χ3n) is 2.26. The van der Waals surface area contributed by atoms with Gasteiger partial charge in [-0.15, -0.1) is 0 Å². The second-order valence-electron chi connectivity index (χ2n) is 3.47. The Morgan fingerprint density at radius 3 is 2.88 bits per heavy atom. The van der Waals surface area contributed by atoms with E-state index < -0.39 is 4.92 Å². The van der Waals surface area contributed by atoms with Crippen molar-refractivity contribution in [3.05, 3.63) is 26.3 Å². The number of aromatic nitrogens is 1. The molecule has 5 nitrogen and oxygen atoms in total. The number of hydrogen-bond acceptors (Lipinski definition) is 4. The van der Waals surface area contributed by atoms with Crippen LogP contribution in [0.1, 0.15) is 25.3 Å². The number of hydrogen-bond donors (Lipinski definition) is 1. The molecule has 0 saturated carbocycles. The number of anilines is 1. The summed E-state index contributed by atoms with van der Waals surface area (Å²) < 4.78 is 0.665. The fraction of sp³-hybridized carbons (Fsp3) is 0.500. The van der Waals surface area contributed by atoms with Gasteiger partial charge in [0.25, 0.3) is 5.69 Å². The maximum absolute atomic E-state index is 10.7. The van der Waals surface area contributed by atoms with Crippen LogP contribution < -0.4 is 5.32 Å². The predicted octanol–water partition coefficient (Wildman–Crippen LogP) is 3.27. The maximum Gasteiger partial charge on any atom is 0.291 e. The van der Waals surface area contributed by atoms with Gasteiger partial charge in [0.05, 0.1) is 9.40 Å². The van der Waals surface area contributed by atoms with E-state index in [2.05, 4.69) is 33.2 Å². The van der Waals surface area contributed by atoms with E-state index in [9.17, 15) is 10.1 Å². The standard InChI is InChI=1S/C10H14BrN3O2/c1-3-4-5-12-10-9(11)7(2)8(6-13-10)14(15)16/h6H,3-5H2,1-2H3,(H,12,13). The van der Waals surface area contributed by atoms with Crippen LogP contribution in [0.4, 0.5) is 11.5 Å². The normalized spacial score (nSPS) is 10.2. The topological polar surface area (TPSA) is 68.1 Å². The van der Waals surface area contributed by atoms with Crippen LogP contribution in [-0.4, -0.2) is 16.5 Å². The fourth-order valence-electron chi connectivity index (χ4n) is 1.26. The Hall–Kier alpha value is -1.17. The monoisotopic (exact) mass is 287 g/mol. The highest BCUT2D eigenvalue weighted by atomic mass is 79.9. The molecule has 0 radical (unpaired) electrons. The van der Waals surface area contributed by atoms with E-state index >= 15 is 0 Å². The molecule has 0 aliphatic heterocycles. The van der Waals surface area contributed by atoms with Crippen molar-refractivity contribution in [2.45, 2.75) is 26.7 Å². The van der Waals surface area contributed by atoms with Crippen LogP contribution in [0.3, 0.4) is 0 Å². The van der Waals surface area contributed by atoms with Crippen LogP contribution in [-0.2, 0) is 0 Å². The average Bonchev–Trinajstić information content (AvgIpc) is 2.24. The predicted molar refractivity (Wildman–Crippen MR) is 66.7 cm³/mol. The van der Waals surface area contributed by atoms with E-state index in [-0.39, 0.29) is 5.69 Å². The Morgan fingerprint density at radius 1 is 1.62 bits per heavy atom. The zero-order valence-electron chi connectivity index (χ0n) is 9.29. The summed E-state index contributed by atoms with van der Waals surface area (Å²) in [5, 5.41) is 13.8. The third kappa shape index (κ3) is 2.91. The van der Waals surface area contributed by atoms with Gasteiger partial charge < -0.3 is 5.32 Å². The minimum Gasteiger partial charge on any atom is -0.369 e. The summed E-state index contributed by atoms with van der Waals surface area (Å²) in [6.07, 6.45) is 3.43. The van der Waals surface area contributed by atoms with Crippen LogP contribution >= 0.6 is 15.9 Å². The van der Waals surface area contributed by atoms with Crippen molar-refractivity contribution < 1.29 is 4.92 Å². The number of halogens is 1. The quantitative estimate of drug-likeness (QED) is 0.513. The van der Waals surface area contributed by atoms with Crippen LogP contribution in [0.5, 0.6) is 0 Å². The molecule has 1 aromatic heterocycles. The highest BCUT2D eigenvalue weighted by Gasteiger charge is 2.16. The van der Waals surface area contributed by atoms with E-state index in [0.717, 1.165) is 19.4 Å². The Bertz CT molecular complexity index is 396. The van der Waals surface area contributed by atoms with Crippen molar-refractivity contribution in [2.75, 3.05) is 11.9 Å². The Labute approximate surface area is 103 Å². The average molecular weight is 288 g/mol. The molecule has 0 spiro atoms. The maximum atomic E-state index is 10.7. The molecule has 0 unspecified atom stereocenters. The molecule has 1 aromatic rings. The van der Waals surface area contributed by atoms with Crippen LogP contribution in [0, 0.1) is 17.0 Å². The zero-order chi connectivity index (χ0) is 12.1. The highest BCUT2D eigenvalue weighted by Crippen LogP contribution is 2.30. The summed E-state index contributed by atoms with van der Waals surface area (Å²) in [7, 11) is 0. The molecule has 0 bridgehead atoms. The molecular weight excluding hydrogens is 274 g/mol. The summed E-state index contributed by atoms with van der Waals surface area (Å²) in [4.78, 5) is 14.3. The smallest absolute Gasteiger partial charge is 0.291 e. The molecule has 0 fully saturated rings. The van der Waals surface area contributed by atoms with Crippen LogP contribution in [0.25, 0.3) is 0 Å². The first kappa shape index (κ1) is 12.9. The molecule has 16 heavy (non-hydrogen) atoms. The van der Waals surface area contributed by atoms with Gasteiger partial charge in [-0.1, -0.05) is 13.3 Å². The van der Waals surface area contributed by atoms with Crippen molar-refractivity contribution >= 4 is 27.4 Å². The lowest BCUT2D eigenvalue weighted by molar-refractivity contribution is -0.385. The van der Waals surface area contributed by atoms with E-state index in [0.29, 0.717) is 15.9 Å². The Morgan fingerprint density at radius 2 is 2.31 bits per heavy atom. The van der Waals surface area contributed by atoms with Gasteiger partial charge in [0.15, 0.2) is 0 Å². The van der Waals surface area contributed by atoms with Gasteiger partial charge in [0, 0.05) is 12.1 Å². The zero-order valence-corrected chi connectivity index (χ0v) is 10.9. The molecule has 88 valence electrons. The molecule has 0 aromatic carbocycles. The van der Waals surface area contributed by atoms with Crippen LogP contribution in [0.15, 0.2) is 10.7 Å². The number of pyridine rings is 1. The number of nitrogens with one attached hydrogen (secondary N) is 1. The number of nitro groups is 1. The minimum absolute atomic E-state index is 0.0351. The molecule has 0 aliphatic carbocycles. The Balaban J connectivity index is 2.89. The van der Waals surface area contributed by atoms with Gasteiger partial charge in [-0.25, -0.2) is 4.98 Å². The fourth-order valence-corrected chi connectivity index (χ4v) is 1.71. The highest BCUT2D eigenvalue weighted by molar-refractivity contribution is 9.10. The molecule has 1 rings (SSSR count). The van der Waals surface area contributed by atoms with E-state index in [4.69, 9.17) is 0 Å². The number of rotatable bonds is 5. The van der Waals surface area contributed by atoms with E-state index in [1.54, 1.807) is 6.92 Å². The van der Waals surface area contributed by atoms with Gasteiger partial charge in [0.2, 0.25) is 0 Å². The van der Waals surface area contributed by atoms with Gasteiger partial charge in [0.1, 0.15) is 12.0 Å². The molecule has 1 N–H and O–H groups in total. The molecule has 0 amide bonds. The van der Waals surface area contributed by atoms with Crippen molar-refractivity contribution in [3.8, 4) is 0 Å². The first-order valence-corrected chi connectivity index (χ1v) is 5.90. The SMILES string of the molecule is CCCCNc1ncc([N+](=O)[O-])c(C)c1Br. The van der Waals surface area contributed by atoms with Gasteiger partial charge >= 0.3 is 0 Å². The lowest BCUT2D eigenvalue weighted by atomic mass is 10.2. The molecule has 0 saturated heterocycles. The number of nitrogens with zero attached hydrogens (tertiary/aromatic N) is 2. The first-order valence-electron chi connectivity index (χ1n) is 5.11. The lowest BCUT2D eigenvalue weighted by Gasteiger charge is -2.08. The second kappa shape index (κ2) is 5.79. The largest absolute Gasteiger partial charge is 0.369 e. The second-order valence-corrected chi connectivity index (χ2v) is 4.26. The molecule has 0 aliphatic rings. The lowest BCUT2D eigenvalue weighted by Crippen LogP contribution is -2.05. The molecule has 6 heteroatoms. The van der Waals surface area contributed by atoms with Crippen molar-refractivity contribution in [1.82, 2.24) is 4.98 Å². The minimum atomic E-state index is -0.428. The molecule has 1 heterocycles. The number of unbranched alkanes of at least 4 members (excludes halogenated alkanes) is 1. The summed E-state index contributed by atoms with van der Waals surface area (Å²) in [5.74, 6) is 0.663. The molecule has 0 atom stereocenters. The Kier molecular flexibility index (Phi) is 4.67. The van der Waals surface area contributed by atoms with Gasteiger partial charge in [-0.05, 0) is 29.3 Å². The first-order chi connectivity index (χ1) is 7.57. The van der Waals surface area contributed by atoms with Crippen molar-refractivity contribution in [2.24, 2.45) is 0 Å².